The first-order chi connectivity index (χ1) is 15.1. The van der Waals surface area contributed by atoms with E-state index in [0.717, 1.165) is 17.2 Å². The Kier molecular flexibility index (Phi) is 7.10. The number of aliphatic hydroxyl groups excluding tert-OH is 1. The van der Waals surface area contributed by atoms with Crippen LogP contribution in [0.4, 0.5) is 14.6 Å². The minimum Gasteiger partial charge on any atom is -0.387 e. The van der Waals surface area contributed by atoms with Gasteiger partial charge in [-0.1, -0.05) is 0 Å². The average molecular weight is 541 g/mol. The topological polar surface area (TPSA) is 259 Å². The fourth-order valence-corrected chi connectivity index (χ4v) is 5.93. The van der Waals surface area contributed by atoms with E-state index in [2.05, 4.69) is 28.1 Å². The number of aliphatic hydroxyl groups is 1. The highest BCUT2D eigenvalue weighted by Crippen LogP contribution is 2.66. The number of ether oxygens (including phenoxy) is 1. The summed E-state index contributed by atoms with van der Waals surface area (Å²) in [5.74, 6) is -0.0721. The number of hydrogen-bond donors (Lipinski definition) is 6. The highest BCUT2D eigenvalue weighted by atomic mass is 31.3. The van der Waals surface area contributed by atoms with Gasteiger partial charge in [0.05, 0.1) is 12.9 Å². The maximum absolute atomic E-state index is 14.9. The quantitative estimate of drug-likeness (QED) is 0.222. The maximum atomic E-state index is 14.9. The Hall–Kier alpha value is -1.46. The lowest BCUT2D eigenvalue weighted by atomic mass is 9.98. The first kappa shape index (κ1) is 26.2. The van der Waals surface area contributed by atoms with Gasteiger partial charge in [0.15, 0.2) is 29.5 Å². The summed E-state index contributed by atoms with van der Waals surface area (Å²) in [6.45, 7) is -3.11. The lowest BCUT2D eigenvalue weighted by Crippen LogP contribution is -2.48. The van der Waals surface area contributed by atoms with Crippen LogP contribution in [0.5, 0.6) is 0 Å². The van der Waals surface area contributed by atoms with Crippen LogP contribution in [0.3, 0.4) is 0 Å². The van der Waals surface area contributed by atoms with E-state index in [4.69, 9.17) is 25.2 Å². The van der Waals surface area contributed by atoms with E-state index in [1.807, 2.05) is 0 Å². The van der Waals surface area contributed by atoms with E-state index in [1.165, 1.54) is 0 Å². The molecule has 1 fully saturated rings. The number of hydrogen-bond acceptors (Lipinski definition) is 12. The summed E-state index contributed by atoms with van der Waals surface area (Å²) >= 11 is 0. The first-order valence-corrected chi connectivity index (χ1v) is 12.9. The van der Waals surface area contributed by atoms with Gasteiger partial charge in [-0.05, 0) is 0 Å². The van der Waals surface area contributed by atoms with E-state index in [1.54, 1.807) is 0 Å². The molecule has 6 atom stereocenters. The number of anilines is 1. The van der Waals surface area contributed by atoms with Crippen molar-refractivity contribution in [2.75, 3.05) is 19.0 Å². The van der Waals surface area contributed by atoms with Crippen LogP contribution in [-0.4, -0.2) is 75.4 Å². The van der Waals surface area contributed by atoms with Gasteiger partial charge in [-0.3, -0.25) is 9.09 Å². The molecule has 0 amide bonds. The number of fused-ring (bicyclic) bond motifs is 1. The lowest BCUT2D eigenvalue weighted by molar-refractivity contribution is -0.134. The summed E-state index contributed by atoms with van der Waals surface area (Å²) in [6, 6.07) is 0. The predicted molar refractivity (Wildman–Crippen MR) is 99.3 cm³/mol. The van der Waals surface area contributed by atoms with Gasteiger partial charge in [-0.2, -0.15) is 8.62 Å². The number of aromatic nitrogens is 4. The molecular weight excluding hydrogens is 525 g/mol. The highest BCUT2D eigenvalue weighted by molar-refractivity contribution is 7.66. The molecule has 17 nitrogen and oxygen atoms in total. The molecule has 186 valence electrons. The summed E-state index contributed by atoms with van der Waals surface area (Å²) in [7, 11) is -17.2. The standard InChI is InChI=1S/C11H16F2N5O12P3/c12-1-11(2-27-32(23,24)30-33(25,26)29-31(20,21)22)7(19)5(13)10(28-11)18-4-17-6-8(14)15-3-16-9(6)18/h3-5,7,10,19H,1-2H2,(H,23,24)(H,25,26)(H2,14,15,16)(H2,20,21,22). The van der Waals surface area contributed by atoms with Crippen molar-refractivity contribution in [2.45, 2.75) is 24.1 Å². The van der Waals surface area contributed by atoms with Gasteiger partial charge in [-0.25, -0.2) is 37.4 Å². The molecule has 0 radical (unpaired) electrons. The van der Waals surface area contributed by atoms with Crippen LogP contribution < -0.4 is 5.73 Å². The summed E-state index contributed by atoms with van der Waals surface area (Å²) in [6.07, 6.45) is -4.42. The van der Waals surface area contributed by atoms with Gasteiger partial charge >= 0.3 is 23.5 Å². The van der Waals surface area contributed by atoms with Gasteiger partial charge in [0.25, 0.3) is 0 Å². The third-order valence-corrected chi connectivity index (χ3v) is 8.03. The van der Waals surface area contributed by atoms with Gasteiger partial charge in [0, 0.05) is 0 Å². The third-order valence-electron chi connectivity index (χ3n) is 4.24. The number of phosphoric acid groups is 3. The van der Waals surface area contributed by atoms with Crippen LogP contribution in [0.2, 0.25) is 0 Å². The molecule has 0 aliphatic carbocycles. The molecule has 22 heteroatoms. The Morgan fingerprint density at radius 2 is 1.82 bits per heavy atom. The molecule has 1 aliphatic heterocycles. The second kappa shape index (κ2) is 8.96. The van der Waals surface area contributed by atoms with Crippen LogP contribution in [0.25, 0.3) is 11.2 Å². The first-order valence-electron chi connectivity index (χ1n) is 8.37. The number of alkyl halides is 2. The number of nitrogen functional groups attached to an aromatic ring is 1. The second-order valence-corrected chi connectivity index (χ2v) is 11.0. The molecule has 0 saturated carbocycles. The van der Waals surface area contributed by atoms with Crippen molar-refractivity contribution in [1.82, 2.24) is 19.5 Å². The molecule has 2 aromatic rings. The number of imidazole rings is 1. The number of halogens is 2. The van der Waals surface area contributed by atoms with E-state index >= 15 is 0 Å². The summed E-state index contributed by atoms with van der Waals surface area (Å²) < 4.78 is 80.2. The highest BCUT2D eigenvalue weighted by Gasteiger charge is 2.58. The minimum absolute atomic E-state index is 0.0359. The van der Waals surface area contributed by atoms with Crippen molar-refractivity contribution in [1.29, 1.82) is 0 Å². The summed E-state index contributed by atoms with van der Waals surface area (Å²) in [4.78, 5) is 47.1. The van der Waals surface area contributed by atoms with E-state index in [-0.39, 0.29) is 17.0 Å². The monoisotopic (exact) mass is 541 g/mol. The Morgan fingerprint density at radius 3 is 2.42 bits per heavy atom. The molecule has 1 aliphatic rings. The van der Waals surface area contributed by atoms with Crippen LogP contribution >= 0.6 is 23.5 Å². The van der Waals surface area contributed by atoms with Gasteiger partial charge in [0.2, 0.25) is 0 Å². The van der Waals surface area contributed by atoms with E-state index < -0.39 is 60.9 Å². The normalized spacial score (nSPS) is 29.7. The SMILES string of the molecule is Nc1ncnc2c1ncn2C1OC(CF)(COP(=O)(O)OP(=O)(O)OP(=O)(O)O)C(O)C1F. The van der Waals surface area contributed by atoms with Gasteiger partial charge in [-0.15, -0.1) is 0 Å². The summed E-state index contributed by atoms with van der Waals surface area (Å²) in [5.41, 5.74) is 2.98. The Morgan fingerprint density at radius 1 is 1.15 bits per heavy atom. The molecule has 3 rings (SSSR count). The molecule has 0 bridgehead atoms. The fourth-order valence-electron chi connectivity index (χ4n) is 2.85. The van der Waals surface area contributed by atoms with E-state index in [9.17, 15) is 32.5 Å². The Bertz CT molecular complexity index is 1180. The zero-order valence-corrected chi connectivity index (χ0v) is 18.5. The van der Waals surface area contributed by atoms with Gasteiger partial charge in [0.1, 0.15) is 24.6 Å². The Balaban J connectivity index is 1.80. The van der Waals surface area contributed by atoms with Crippen molar-refractivity contribution >= 4 is 40.4 Å². The number of nitrogens with zero attached hydrogens (tertiary/aromatic N) is 4. The number of nitrogens with two attached hydrogens (primary N) is 1. The fraction of sp³-hybridized carbons (Fsp3) is 0.545. The van der Waals surface area contributed by atoms with Gasteiger partial charge < -0.3 is 35.2 Å². The van der Waals surface area contributed by atoms with Crippen LogP contribution in [-0.2, 0) is 31.6 Å². The number of phosphoric ester groups is 1. The maximum Gasteiger partial charge on any atom is 0.490 e. The summed E-state index contributed by atoms with van der Waals surface area (Å²) in [5, 5.41) is 10.2. The zero-order chi connectivity index (χ0) is 24.8. The predicted octanol–water partition coefficient (Wildman–Crippen LogP) is -0.312. The smallest absolute Gasteiger partial charge is 0.387 e. The average Bonchev–Trinajstić information content (AvgIpc) is 3.19. The number of rotatable bonds is 9. The van der Waals surface area contributed by atoms with Crippen LogP contribution in [0.1, 0.15) is 6.23 Å². The van der Waals surface area contributed by atoms with Crippen molar-refractivity contribution in [2.24, 2.45) is 0 Å². The zero-order valence-electron chi connectivity index (χ0n) is 15.9. The molecule has 2 aromatic heterocycles. The van der Waals surface area contributed by atoms with Crippen LogP contribution in [0, 0.1) is 0 Å². The molecule has 0 spiro atoms. The molecule has 6 unspecified atom stereocenters. The molecule has 1 saturated heterocycles. The minimum atomic E-state index is -5.85. The molecule has 33 heavy (non-hydrogen) atoms. The van der Waals surface area contributed by atoms with E-state index in [0.29, 0.717) is 0 Å². The van der Waals surface area contributed by atoms with Crippen molar-refractivity contribution in [3.8, 4) is 0 Å². The van der Waals surface area contributed by atoms with Crippen LogP contribution in [0.15, 0.2) is 12.7 Å². The molecule has 7 N–H and O–H groups in total. The van der Waals surface area contributed by atoms with Crippen molar-refractivity contribution in [3.63, 3.8) is 0 Å². The molecular formula is C11H16F2N5O12P3. The molecule has 3 heterocycles. The largest absolute Gasteiger partial charge is 0.490 e. The lowest BCUT2D eigenvalue weighted by Gasteiger charge is -2.29. The third kappa shape index (κ3) is 5.62. The molecule has 0 aromatic carbocycles. The van der Waals surface area contributed by atoms with Crippen molar-refractivity contribution in [3.05, 3.63) is 12.7 Å². The Labute approximate surface area is 181 Å². The van der Waals surface area contributed by atoms with Crippen molar-refractivity contribution < 1.29 is 65.0 Å². The second-order valence-electron chi connectivity index (χ2n) is 6.54.